The van der Waals surface area contributed by atoms with Crippen LogP contribution in [0.1, 0.15) is 63.0 Å². The maximum Gasteiger partial charge on any atom is 0.0688 e. The SMILES string of the molecule is CCCCc1ccc(CC2(O)CCCCC2)cc1. The van der Waals surface area contributed by atoms with Gasteiger partial charge in [0.15, 0.2) is 0 Å². The molecule has 1 aromatic rings. The average Bonchev–Trinajstić information content (AvgIpc) is 2.38. The van der Waals surface area contributed by atoms with Crippen molar-refractivity contribution in [1.29, 1.82) is 0 Å². The maximum absolute atomic E-state index is 10.5. The third kappa shape index (κ3) is 3.84. The molecule has 1 aliphatic rings. The van der Waals surface area contributed by atoms with Crippen molar-refractivity contribution in [3.63, 3.8) is 0 Å². The van der Waals surface area contributed by atoms with E-state index in [2.05, 4.69) is 31.2 Å². The zero-order valence-electron chi connectivity index (χ0n) is 11.6. The van der Waals surface area contributed by atoms with Crippen molar-refractivity contribution in [3.8, 4) is 0 Å². The van der Waals surface area contributed by atoms with Crippen LogP contribution in [0, 0.1) is 0 Å². The predicted octanol–water partition coefficient (Wildman–Crippen LogP) is 4.27. The Hall–Kier alpha value is -0.820. The van der Waals surface area contributed by atoms with Gasteiger partial charge in [0.25, 0.3) is 0 Å². The summed E-state index contributed by atoms with van der Waals surface area (Å²) in [6, 6.07) is 8.88. The zero-order chi connectivity index (χ0) is 12.8. The van der Waals surface area contributed by atoms with E-state index in [9.17, 15) is 5.11 Å². The summed E-state index contributed by atoms with van der Waals surface area (Å²) >= 11 is 0. The molecule has 2 rings (SSSR count). The van der Waals surface area contributed by atoms with E-state index in [0.717, 1.165) is 19.3 Å². The summed E-state index contributed by atoms with van der Waals surface area (Å²) in [6.45, 7) is 2.23. The molecular weight excluding hydrogens is 220 g/mol. The fraction of sp³-hybridized carbons (Fsp3) is 0.647. The second-order valence-electron chi connectivity index (χ2n) is 5.88. The number of rotatable bonds is 5. The minimum Gasteiger partial charge on any atom is -0.390 e. The highest BCUT2D eigenvalue weighted by Crippen LogP contribution is 2.31. The zero-order valence-corrected chi connectivity index (χ0v) is 11.6. The lowest BCUT2D eigenvalue weighted by atomic mass is 9.80. The van der Waals surface area contributed by atoms with Gasteiger partial charge in [-0.25, -0.2) is 0 Å². The van der Waals surface area contributed by atoms with E-state index >= 15 is 0 Å². The molecule has 1 heteroatoms. The molecule has 0 spiro atoms. The van der Waals surface area contributed by atoms with Crippen LogP contribution in [-0.2, 0) is 12.8 Å². The van der Waals surface area contributed by atoms with Crippen LogP contribution in [0.25, 0.3) is 0 Å². The average molecular weight is 246 g/mol. The van der Waals surface area contributed by atoms with Crippen LogP contribution in [0.15, 0.2) is 24.3 Å². The Morgan fingerprint density at radius 2 is 1.61 bits per heavy atom. The number of hydrogen-bond donors (Lipinski definition) is 1. The van der Waals surface area contributed by atoms with Crippen LogP contribution in [0.5, 0.6) is 0 Å². The fourth-order valence-corrected chi connectivity index (χ4v) is 2.97. The summed E-state index contributed by atoms with van der Waals surface area (Å²) in [4.78, 5) is 0. The molecule has 1 nitrogen and oxygen atoms in total. The molecule has 1 saturated carbocycles. The van der Waals surface area contributed by atoms with E-state index in [-0.39, 0.29) is 0 Å². The molecule has 0 atom stereocenters. The first kappa shape index (κ1) is 13.6. The molecule has 100 valence electrons. The van der Waals surface area contributed by atoms with Crippen molar-refractivity contribution in [2.24, 2.45) is 0 Å². The molecule has 0 saturated heterocycles. The molecular formula is C17H26O. The lowest BCUT2D eigenvalue weighted by molar-refractivity contribution is 0.00449. The Morgan fingerprint density at radius 3 is 2.22 bits per heavy atom. The lowest BCUT2D eigenvalue weighted by Crippen LogP contribution is -2.33. The molecule has 18 heavy (non-hydrogen) atoms. The Bertz CT molecular complexity index is 346. The first-order chi connectivity index (χ1) is 8.72. The van der Waals surface area contributed by atoms with Gasteiger partial charge in [0.1, 0.15) is 0 Å². The topological polar surface area (TPSA) is 20.2 Å². The highest BCUT2D eigenvalue weighted by molar-refractivity contribution is 5.24. The molecule has 0 heterocycles. The Kier molecular flexibility index (Phi) is 4.82. The molecule has 1 aliphatic carbocycles. The molecule has 0 aromatic heterocycles. The van der Waals surface area contributed by atoms with Crippen molar-refractivity contribution >= 4 is 0 Å². The van der Waals surface area contributed by atoms with Gasteiger partial charge in [-0.05, 0) is 36.8 Å². The third-order valence-corrected chi connectivity index (χ3v) is 4.16. The standard InChI is InChI=1S/C17H26O/c1-2-3-7-15-8-10-16(11-9-15)14-17(18)12-5-4-6-13-17/h8-11,18H,2-7,12-14H2,1H3. The Labute approximate surface area is 111 Å². The van der Waals surface area contributed by atoms with Gasteiger partial charge in [0, 0.05) is 6.42 Å². The van der Waals surface area contributed by atoms with Crippen molar-refractivity contribution in [3.05, 3.63) is 35.4 Å². The molecule has 0 unspecified atom stereocenters. The van der Waals surface area contributed by atoms with E-state index < -0.39 is 5.60 Å². The smallest absolute Gasteiger partial charge is 0.0688 e. The lowest BCUT2D eigenvalue weighted by Gasteiger charge is -2.32. The van der Waals surface area contributed by atoms with E-state index in [1.54, 1.807) is 0 Å². The summed E-state index contributed by atoms with van der Waals surface area (Å²) in [7, 11) is 0. The van der Waals surface area contributed by atoms with Gasteiger partial charge >= 0.3 is 0 Å². The third-order valence-electron chi connectivity index (χ3n) is 4.16. The fourth-order valence-electron chi connectivity index (χ4n) is 2.97. The van der Waals surface area contributed by atoms with E-state index in [1.807, 2.05) is 0 Å². The van der Waals surface area contributed by atoms with Gasteiger partial charge in [-0.1, -0.05) is 56.9 Å². The molecule has 1 aromatic carbocycles. The highest BCUT2D eigenvalue weighted by atomic mass is 16.3. The molecule has 0 radical (unpaired) electrons. The number of aryl methyl sites for hydroxylation is 1. The summed E-state index contributed by atoms with van der Waals surface area (Å²) in [5.74, 6) is 0. The number of aliphatic hydroxyl groups is 1. The first-order valence-corrected chi connectivity index (χ1v) is 7.52. The number of hydrogen-bond acceptors (Lipinski definition) is 1. The van der Waals surface area contributed by atoms with Crippen molar-refractivity contribution in [2.45, 2.75) is 70.3 Å². The molecule has 1 fully saturated rings. The summed E-state index contributed by atoms with van der Waals surface area (Å²) in [6.07, 6.45) is 10.1. The van der Waals surface area contributed by atoms with Crippen LogP contribution < -0.4 is 0 Å². The van der Waals surface area contributed by atoms with E-state index in [0.29, 0.717) is 0 Å². The van der Waals surface area contributed by atoms with Crippen LogP contribution in [0.2, 0.25) is 0 Å². The van der Waals surface area contributed by atoms with Crippen molar-refractivity contribution < 1.29 is 5.11 Å². The van der Waals surface area contributed by atoms with Crippen LogP contribution in [0.4, 0.5) is 0 Å². The highest BCUT2D eigenvalue weighted by Gasteiger charge is 2.28. The summed E-state index contributed by atoms with van der Waals surface area (Å²) in [5, 5.41) is 10.5. The van der Waals surface area contributed by atoms with Crippen molar-refractivity contribution in [2.75, 3.05) is 0 Å². The van der Waals surface area contributed by atoms with Crippen LogP contribution >= 0.6 is 0 Å². The molecule has 0 amide bonds. The second kappa shape index (κ2) is 6.38. The van der Waals surface area contributed by atoms with Crippen LogP contribution in [-0.4, -0.2) is 10.7 Å². The van der Waals surface area contributed by atoms with Crippen molar-refractivity contribution in [1.82, 2.24) is 0 Å². The second-order valence-corrected chi connectivity index (χ2v) is 5.88. The van der Waals surface area contributed by atoms with Gasteiger partial charge < -0.3 is 5.11 Å². The monoisotopic (exact) mass is 246 g/mol. The quantitative estimate of drug-likeness (QED) is 0.822. The largest absolute Gasteiger partial charge is 0.390 e. The Morgan fingerprint density at radius 1 is 1.00 bits per heavy atom. The van der Waals surface area contributed by atoms with E-state index in [1.165, 1.54) is 49.7 Å². The van der Waals surface area contributed by atoms with Gasteiger partial charge in [0.2, 0.25) is 0 Å². The first-order valence-electron chi connectivity index (χ1n) is 7.52. The predicted molar refractivity (Wildman–Crippen MR) is 76.8 cm³/mol. The minimum absolute atomic E-state index is 0.427. The number of benzene rings is 1. The molecule has 0 bridgehead atoms. The normalized spacial score (nSPS) is 18.8. The molecule has 1 N–H and O–H groups in total. The van der Waals surface area contributed by atoms with Gasteiger partial charge in [-0.2, -0.15) is 0 Å². The summed E-state index contributed by atoms with van der Waals surface area (Å²) < 4.78 is 0. The minimum atomic E-state index is -0.427. The Balaban J connectivity index is 1.92. The van der Waals surface area contributed by atoms with E-state index in [4.69, 9.17) is 0 Å². The molecule has 0 aliphatic heterocycles. The van der Waals surface area contributed by atoms with Gasteiger partial charge in [-0.3, -0.25) is 0 Å². The summed E-state index contributed by atoms with van der Waals surface area (Å²) in [5.41, 5.74) is 2.29. The number of unbranched alkanes of at least 4 members (excludes halogenated alkanes) is 1. The van der Waals surface area contributed by atoms with Gasteiger partial charge in [-0.15, -0.1) is 0 Å². The van der Waals surface area contributed by atoms with Gasteiger partial charge in [0.05, 0.1) is 5.60 Å². The maximum atomic E-state index is 10.5. The van der Waals surface area contributed by atoms with Crippen LogP contribution in [0.3, 0.4) is 0 Å².